The normalized spacial score (nSPS) is 15.8. The van der Waals surface area contributed by atoms with E-state index < -0.39 is 11.7 Å². The van der Waals surface area contributed by atoms with Crippen molar-refractivity contribution in [2.75, 3.05) is 25.0 Å². The molecule has 0 aromatic heterocycles. The van der Waals surface area contributed by atoms with Crippen LogP contribution in [0.1, 0.15) is 18.4 Å². The van der Waals surface area contributed by atoms with E-state index in [9.17, 15) is 13.2 Å². The molecule has 5 heteroatoms. The molecule has 0 aliphatic heterocycles. The Morgan fingerprint density at radius 3 is 2.56 bits per heavy atom. The Bertz CT molecular complexity index is 399. The number of nitrogens with zero attached hydrogens (tertiary/aromatic N) is 1. The molecule has 100 valence electrons. The van der Waals surface area contributed by atoms with Crippen molar-refractivity contribution in [2.24, 2.45) is 0 Å². The Hall–Kier alpha value is -1.23. The quantitative estimate of drug-likeness (QED) is 0.873. The fourth-order valence-corrected chi connectivity index (χ4v) is 1.89. The molecule has 0 spiro atoms. The summed E-state index contributed by atoms with van der Waals surface area (Å²) in [4.78, 5) is 1.65. The highest BCUT2D eigenvalue weighted by Crippen LogP contribution is 2.35. The van der Waals surface area contributed by atoms with Crippen LogP contribution in [0.25, 0.3) is 0 Å². The molecule has 0 saturated heterocycles. The van der Waals surface area contributed by atoms with Crippen molar-refractivity contribution in [1.82, 2.24) is 5.32 Å². The molecule has 0 radical (unpaired) electrons. The zero-order valence-corrected chi connectivity index (χ0v) is 10.3. The minimum absolute atomic E-state index is 0.239. The lowest BCUT2D eigenvalue weighted by Gasteiger charge is -2.23. The molecule has 0 heterocycles. The Balaban J connectivity index is 2.01. The number of likely N-dealkylation sites (N-methyl/N-ethyl adjacent to an activating group) is 1. The number of hydrogen-bond donors (Lipinski definition) is 1. The molecule has 1 aromatic rings. The number of halogens is 3. The largest absolute Gasteiger partial charge is 0.418 e. The first-order chi connectivity index (χ1) is 8.48. The first-order valence-corrected chi connectivity index (χ1v) is 6.09. The van der Waals surface area contributed by atoms with E-state index in [0.717, 1.165) is 6.07 Å². The van der Waals surface area contributed by atoms with Crippen LogP contribution in [0.15, 0.2) is 24.3 Å². The van der Waals surface area contributed by atoms with Gasteiger partial charge in [0, 0.05) is 31.9 Å². The van der Waals surface area contributed by atoms with Gasteiger partial charge in [-0.3, -0.25) is 0 Å². The first kappa shape index (κ1) is 13.2. The molecule has 18 heavy (non-hydrogen) atoms. The summed E-state index contributed by atoms with van der Waals surface area (Å²) >= 11 is 0. The predicted molar refractivity (Wildman–Crippen MR) is 65.7 cm³/mol. The second-order valence-electron chi connectivity index (χ2n) is 4.66. The van der Waals surface area contributed by atoms with Gasteiger partial charge in [-0.25, -0.2) is 0 Å². The monoisotopic (exact) mass is 258 g/mol. The van der Waals surface area contributed by atoms with Gasteiger partial charge in [0.25, 0.3) is 0 Å². The van der Waals surface area contributed by atoms with Gasteiger partial charge in [-0.05, 0) is 25.0 Å². The van der Waals surface area contributed by atoms with Crippen molar-refractivity contribution in [1.29, 1.82) is 0 Å². The summed E-state index contributed by atoms with van der Waals surface area (Å²) in [6.07, 6.45) is -1.93. The Labute approximate surface area is 105 Å². The highest BCUT2D eigenvalue weighted by atomic mass is 19.4. The molecule has 1 aliphatic rings. The summed E-state index contributed by atoms with van der Waals surface area (Å²) in [5.74, 6) is 0. The van der Waals surface area contributed by atoms with Crippen LogP contribution in [-0.2, 0) is 6.18 Å². The Morgan fingerprint density at radius 2 is 1.94 bits per heavy atom. The lowest BCUT2D eigenvalue weighted by atomic mass is 10.1. The van der Waals surface area contributed by atoms with Gasteiger partial charge in [0.15, 0.2) is 0 Å². The van der Waals surface area contributed by atoms with Gasteiger partial charge in [-0.1, -0.05) is 12.1 Å². The second-order valence-corrected chi connectivity index (χ2v) is 4.66. The van der Waals surface area contributed by atoms with Crippen molar-refractivity contribution in [3.8, 4) is 0 Å². The molecule has 2 nitrogen and oxygen atoms in total. The lowest BCUT2D eigenvalue weighted by Crippen LogP contribution is -2.31. The molecule has 0 amide bonds. The van der Waals surface area contributed by atoms with Gasteiger partial charge in [-0.2, -0.15) is 13.2 Å². The zero-order chi connectivity index (χ0) is 13.2. The van der Waals surface area contributed by atoms with Crippen LogP contribution in [0, 0.1) is 0 Å². The van der Waals surface area contributed by atoms with Crippen LogP contribution < -0.4 is 10.2 Å². The number of hydrogen-bond acceptors (Lipinski definition) is 2. The standard InChI is InChI=1S/C13H17F3N2/c1-18(9-8-17-10-6-7-10)12-5-3-2-4-11(12)13(14,15)16/h2-5,10,17H,6-9H2,1H3. The molecule has 0 unspecified atom stereocenters. The van der Waals surface area contributed by atoms with Gasteiger partial charge >= 0.3 is 6.18 Å². The smallest absolute Gasteiger partial charge is 0.373 e. The van der Waals surface area contributed by atoms with Crippen LogP contribution in [0.2, 0.25) is 0 Å². The molecule has 1 aromatic carbocycles. The molecule has 1 fully saturated rings. The third-order valence-corrected chi connectivity index (χ3v) is 3.08. The van der Waals surface area contributed by atoms with Gasteiger partial charge < -0.3 is 10.2 Å². The minimum atomic E-state index is -4.30. The average molecular weight is 258 g/mol. The summed E-state index contributed by atoms with van der Waals surface area (Å²) < 4.78 is 38.5. The molecular formula is C13H17F3N2. The van der Waals surface area contributed by atoms with Crippen molar-refractivity contribution >= 4 is 5.69 Å². The van der Waals surface area contributed by atoms with Crippen molar-refractivity contribution < 1.29 is 13.2 Å². The topological polar surface area (TPSA) is 15.3 Å². The van der Waals surface area contributed by atoms with Gasteiger partial charge in [0.1, 0.15) is 0 Å². The van der Waals surface area contributed by atoms with Crippen molar-refractivity contribution in [3.63, 3.8) is 0 Å². The molecule has 0 atom stereocenters. The average Bonchev–Trinajstić information content (AvgIpc) is 3.12. The molecule has 2 rings (SSSR count). The fourth-order valence-electron chi connectivity index (χ4n) is 1.89. The Kier molecular flexibility index (Phi) is 3.80. The van der Waals surface area contributed by atoms with E-state index in [-0.39, 0.29) is 5.69 Å². The van der Waals surface area contributed by atoms with Crippen LogP contribution >= 0.6 is 0 Å². The molecular weight excluding hydrogens is 241 g/mol. The van der Waals surface area contributed by atoms with Crippen LogP contribution in [0.4, 0.5) is 18.9 Å². The highest BCUT2D eigenvalue weighted by Gasteiger charge is 2.34. The van der Waals surface area contributed by atoms with E-state index >= 15 is 0 Å². The van der Waals surface area contributed by atoms with Gasteiger partial charge in [-0.15, -0.1) is 0 Å². The van der Waals surface area contributed by atoms with E-state index in [4.69, 9.17) is 0 Å². The first-order valence-electron chi connectivity index (χ1n) is 6.09. The predicted octanol–water partition coefficient (Wildman–Crippen LogP) is 2.89. The number of rotatable bonds is 5. The third-order valence-electron chi connectivity index (χ3n) is 3.08. The van der Waals surface area contributed by atoms with E-state index in [1.54, 1.807) is 18.0 Å². The minimum Gasteiger partial charge on any atom is -0.373 e. The SMILES string of the molecule is CN(CCNC1CC1)c1ccccc1C(F)(F)F. The number of nitrogens with one attached hydrogen (secondary N) is 1. The fraction of sp³-hybridized carbons (Fsp3) is 0.538. The molecule has 1 saturated carbocycles. The molecule has 1 N–H and O–H groups in total. The summed E-state index contributed by atoms with van der Waals surface area (Å²) in [6, 6.07) is 6.27. The summed E-state index contributed by atoms with van der Waals surface area (Å²) in [5, 5.41) is 3.29. The second kappa shape index (κ2) is 5.18. The van der Waals surface area contributed by atoms with Gasteiger partial charge in [0.05, 0.1) is 5.56 Å². The zero-order valence-electron chi connectivity index (χ0n) is 10.3. The Morgan fingerprint density at radius 1 is 1.28 bits per heavy atom. The third kappa shape index (κ3) is 3.38. The number of para-hydroxylation sites is 1. The number of anilines is 1. The molecule has 0 bridgehead atoms. The van der Waals surface area contributed by atoms with E-state index in [2.05, 4.69) is 5.32 Å². The number of benzene rings is 1. The van der Waals surface area contributed by atoms with Crippen LogP contribution in [0.3, 0.4) is 0 Å². The van der Waals surface area contributed by atoms with Crippen molar-refractivity contribution in [3.05, 3.63) is 29.8 Å². The van der Waals surface area contributed by atoms with E-state index in [0.29, 0.717) is 19.1 Å². The maximum Gasteiger partial charge on any atom is 0.418 e. The lowest BCUT2D eigenvalue weighted by molar-refractivity contribution is -0.137. The van der Waals surface area contributed by atoms with E-state index in [1.807, 2.05) is 0 Å². The van der Waals surface area contributed by atoms with Crippen LogP contribution in [-0.4, -0.2) is 26.2 Å². The maximum absolute atomic E-state index is 12.8. The number of alkyl halides is 3. The summed E-state index contributed by atoms with van der Waals surface area (Å²) in [6.45, 7) is 1.29. The van der Waals surface area contributed by atoms with Crippen LogP contribution in [0.5, 0.6) is 0 Å². The van der Waals surface area contributed by atoms with Crippen molar-refractivity contribution in [2.45, 2.75) is 25.1 Å². The van der Waals surface area contributed by atoms with Gasteiger partial charge in [0.2, 0.25) is 0 Å². The summed E-state index contributed by atoms with van der Waals surface area (Å²) in [5.41, 5.74) is -0.332. The maximum atomic E-state index is 12.8. The van der Waals surface area contributed by atoms with E-state index in [1.165, 1.54) is 25.0 Å². The summed E-state index contributed by atoms with van der Waals surface area (Å²) in [7, 11) is 1.69. The molecule has 1 aliphatic carbocycles. The highest BCUT2D eigenvalue weighted by molar-refractivity contribution is 5.54.